The highest BCUT2D eigenvalue weighted by Crippen LogP contribution is 2.30. The number of ether oxygens (including phenoxy) is 1. The summed E-state index contributed by atoms with van der Waals surface area (Å²) in [6.45, 7) is 5.31. The van der Waals surface area contributed by atoms with Crippen molar-refractivity contribution in [2.75, 3.05) is 42.6 Å². The molecule has 2 aromatic carbocycles. The maximum Gasteiger partial charge on any atom is 0.223 e. The molecule has 1 heterocycles. The van der Waals surface area contributed by atoms with E-state index in [4.69, 9.17) is 4.74 Å². The van der Waals surface area contributed by atoms with Crippen molar-refractivity contribution in [1.29, 1.82) is 0 Å². The molecule has 0 aromatic heterocycles. The molecule has 0 atom stereocenters. The Hall–Kier alpha value is -2.86. The zero-order valence-corrected chi connectivity index (χ0v) is 16.3. The number of nitrogens with one attached hydrogen (secondary N) is 1. The quantitative estimate of drug-likeness (QED) is 0.801. The van der Waals surface area contributed by atoms with Crippen LogP contribution in [0.25, 0.3) is 0 Å². The molecule has 0 bridgehead atoms. The van der Waals surface area contributed by atoms with Crippen LogP contribution in [0.1, 0.15) is 18.9 Å². The molecular weight excluding hydrogens is 354 g/mol. The molecule has 28 heavy (non-hydrogen) atoms. The molecule has 1 fully saturated rings. The third-order valence-electron chi connectivity index (χ3n) is 4.80. The number of carbonyl (C=O) groups is 2. The van der Waals surface area contributed by atoms with Crippen molar-refractivity contribution in [3.8, 4) is 0 Å². The van der Waals surface area contributed by atoms with Crippen LogP contribution in [0.3, 0.4) is 0 Å². The predicted molar refractivity (Wildman–Crippen MR) is 110 cm³/mol. The van der Waals surface area contributed by atoms with Crippen molar-refractivity contribution in [2.24, 2.45) is 0 Å². The molecule has 1 aliphatic rings. The van der Waals surface area contributed by atoms with E-state index in [1.165, 1.54) is 6.92 Å². The molecular formula is C22H27N3O3. The molecule has 148 valence electrons. The summed E-state index contributed by atoms with van der Waals surface area (Å²) < 4.78 is 5.44. The summed E-state index contributed by atoms with van der Waals surface area (Å²) in [6.07, 6.45) is 0.254. The van der Waals surface area contributed by atoms with E-state index in [2.05, 4.69) is 10.2 Å². The van der Waals surface area contributed by atoms with Gasteiger partial charge in [-0.05, 0) is 17.7 Å². The highest BCUT2D eigenvalue weighted by Gasteiger charge is 2.21. The highest BCUT2D eigenvalue weighted by atomic mass is 16.5. The SMILES string of the molecule is CC(=O)N(CCC(=O)NCc1ccccc1)c1ccccc1N1CCOCC1. The number of rotatable bonds is 7. The van der Waals surface area contributed by atoms with Crippen LogP contribution in [0.2, 0.25) is 0 Å². The molecule has 1 saturated heterocycles. The fourth-order valence-corrected chi connectivity index (χ4v) is 3.31. The second-order valence-electron chi connectivity index (χ2n) is 6.77. The van der Waals surface area contributed by atoms with Gasteiger partial charge in [0.05, 0.1) is 24.6 Å². The second-order valence-corrected chi connectivity index (χ2v) is 6.77. The maximum atomic E-state index is 12.3. The fourth-order valence-electron chi connectivity index (χ4n) is 3.31. The third-order valence-corrected chi connectivity index (χ3v) is 4.80. The average Bonchev–Trinajstić information content (AvgIpc) is 2.74. The van der Waals surface area contributed by atoms with Crippen molar-refractivity contribution < 1.29 is 14.3 Å². The van der Waals surface area contributed by atoms with Crippen molar-refractivity contribution in [2.45, 2.75) is 19.9 Å². The summed E-state index contributed by atoms with van der Waals surface area (Å²) >= 11 is 0. The standard InChI is InChI=1S/C22H27N3O3/c1-18(26)25(12-11-22(27)23-17-19-7-3-2-4-8-19)21-10-6-5-9-20(21)24-13-15-28-16-14-24/h2-10H,11-17H2,1H3,(H,23,27). The van der Waals surface area contributed by atoms with Crippen molar-refractivity contribution in [3.05, 3.63) is 60.2 Å². The minimum absolute atomic E-state index is 0.0704. The minimum Gasteiger partial charge on any atom is -0.378 e. The molecule has 1 aliphatic heterocycles. The van der Waals surface area contributed by atoms with Crippen molar-refractivity contribution >= 4 is 23.2 Å². The van der Waals surface area contributed by atoms with E-state index in [0.717, 1.165) is 30.0 Å². The number of carbonyl (C=O) groups excluding carboxylic acids is 2. The fraction of sp³-hybridized carbons (Fsp3) is 0.364. The van der Waals surface area contributed by atoms with Crippen LogP contribution in [0.4, 0.5) is 11.4 Å². The Kier molecular flexibility index (Phi) is 7.03. The number of anilines is 2. The van der Waals surface area contributed by atoms with E-state index in [-0.39, 0.29) is 18.2 Å². The number of amides is 2. The number of benzene rings is 2. The highest BCUT2D eigenvalue weighted by molar-refractivity contribution is 5.96. The number of para-hydroxylation sites is 2. The molecule has 1 N–H and O–H groups in total. The lowest BCUT2D eigenvalue weighted by Crippen LogP contribution is -2.39. The van der Waals surface area contributed by atoms with Gasteiger partial charge in [-0.1, -0.05) is 42.5 Å². The largest absolute Gasteiger partial charge is 0.378 e. The van der Waals surface area contributed by atoms with Gasteiger partial charge in [-0.2, -0.15) is 0 Å². The average molecular weight is 381 g/mol. The van der Waals surface area contributed by atoms with Gasteiger partial charge in [0.15, 0.2) is 0 Å². The zero-order chi connectivity index (χ0) is 19.8. The summed E-state index contributed by atoms with van der Waals surface area (Å²) in [4.78, 5) is 28.5. The Labute approximate surface area is 166 Å². The normalized spacial score (nSPS) is 13.8. The Morgan fingerprint density at radius 3 is 2.43 bits per heavy atom. The summed E-state index contributed by atoms with van der Waals surface area (Å²) in [6, 6.07) is 17.6. The number of morpholine rings is 1. The molecule has 3 rings (SSSR count). The van der Waals surface area contributed by atoms with Gasteiger partial charge < -0.3 is 19.9 Å². The summed E-state index contributed by atoms with van der Waals surface area (Å²) in [5, 5.41) is 2.92. The van der Waals surface area contributed by atoms with E-state index >= 15 is 0 Å². The molecule has 0 saturated carbocycles. The Balaban J connectivity index is 1.64. The van der Waals surface area contributed by atoms with Gasteiger partial charge in [0, 0.05) is 39.5 Å². The zero-order valence-electron chi connectivity index (χ0n) is 16.3. The predicted octanol–water partition coefficient (Wildman–Crippen LogP) is 2.58. The first kappa shape index (κ1) is 19.9. The van der Waals surface area contributed by atoms with Crippen molar-refractivity contribution in [3.63, 3.8) is 0 Å². The first-order valence-corrected chi connectivity index (χ1v) is 9.65. The van der Waals surface area contributed by atoms with Gasteiger partial charge in [-0.15, -0.1) is 0 Å². The lowest BCUT2D eigenvalue weighted by Gasteiger charge is -2.33. The minimum atomic E-state index is -0.0726. The van der Waals surface area contributed by atoms with Crippen molar-refractivity contribution in [1.82, 2.24) is 5.32 Å². The van der Waals surface area contributed by atoms with Crippen LogP contribution in [0.15, 0.2) is 54.6 Å². The first-order chi connectivity index (χ1) is 13.6. The lowest BCUT2D eigenvalue weighted by molar-refractivity contribution is -0.121. The van der Waals surface area contributed by atoms with E-state index in [0.29, 0.717) is 26.3 Å². The van der Waals surface area contributed by atoms with Gasteiger partial charge in [0.1, 0.15) is 0 Å². The van der Waals surface area contributed by atoms with E-state index in [9.17, 15) is 9.59 Å². The molecule has 6 nitrogen and oxygen atoms in total. The molecule has 0 spiro atoms. The van der Waals surface area contributed by atoms with Gasteiger partial charge >= 0.3 is 0 Å². The first-order valence-electron chi connectivity index (χ1n) is 9.65. The van der Waals surface area contributed by atoms with Gasteiger partial charge in [0.2, 0.25) is 11.8 Å². The van der Waals surface area contributed by atoms with E-state index in [1.807, 2.05) is 54.6 Å². The molecule has 6 heteroatoms. The monoisotopic (exact) mass is 381 g/mol. The van der Waals surface area contributed by atoms with Crippen LogP contribution in [-0.4, -0.2) is 44.7 Å². The van der Waals surface area contributed by atoms with Gasteiger partial charge in [0.25, 0.3) is 0 Å². The molecule has 0 radical (unpaired) electrons. The summed E-state index contributed by atoms with van der Waals surface area (Å²) in [5.41, 5.74) is 2.90. The Bertz CT molecular complexity index is 789. The summed E-state index contributed by atoms with van der Waals surface area (Å²) in [5.74, 6) is -0.143. The van der Waals surface area contributed by atoms with Gasteiger partial charge in [-0.3, -0.25) is 9.59 Å². The number of hydrogen-bond acceptors (Lipinski definition) is 4. The van der Waals surface area contributed by atoms with Crippen LogP contribution >= 0.6 is 0 Å². The molecule has 0 unspecified atom stereocenters. The topological polar surface area (TPSA) is 61.9 Å². The maximum absolute atomic E-state index is 12.3. The number of nitrogens with zero attached hydrogens (tertiary/aromatic N) is 2. The smallest absolute Gasteiger partial charge is 0.223 e. The second kappa shape index (κ2) is 9.90. The van der Waals surface area contributed by atoms with Gasteiger partial charge in [-0.25, -0.2) is 0 Å². The summed E-state index contributed by atoms with van der Waals surface area (Å²) in [7, 11) is 0. The van der Waals surface area contributed by atoms with Crippen LogP contribution in [-0.2, 0) is 20.9 Å². The van der Waals surface area contributed by atoms with Crippen LogP contribution < -0.4 is 15.1 Å². The molecule has 2 aromatic rings. The Morgan fingerprint density at radius 1 is 1.04 bits per heavy atom. The van der Waals surface area contributed by atoms with Crippen LogP contribution in [0.5, 0.6) is 0 Å². The number of hydrogen-bond donors (Lipinski definition) is 1. The molecule has 0 aliphatic carbocycles. The molecule has 2 amide bonds. The van der Waals surface area contributed by atoms with E-state index in [1.54, 1.807) is 4.90 Å². The lowest BCUT2D eigenvalue weighted by atomic mass is 10.2. The third kappa shape index (κ3) is 5.33. The van der Waals surface area contributed by atoms with Crippen LogP contribution in [0, 0.1) is 0 Å². The Morgan fingerprint density at radius 2 is 1.71 bits per heavy atom. The van der Waals surface area contributed by atoms with E-state index < -0.39 is 0 Å².